The van der Waals surface area contributed by atoms with Gasteiger partial charge >= 0.3 is 0 Å². The fraction of sp³-hybridized carbons (Fsp3) is 0.250. The predicted octanol–water partition coefficient (Wildman–Crippen LogP) is 4.08. The Labute approximate surface area is 109 Å². The van der Waals surface area contributed by atoms with E-state index in [1.165, 1.54) is 0 Å². The van der Waals surface area contributed by atoms with Crippen LogP contribution in [0.15, 0.2) is 33.8 Å². The van der Waals surface area contributed by atoms with Crippen molar-refractivity contribution in [2.45, 2.75) is 24.0 Å². The van der Waals surface area contributed by atoms with Gasteiger partial charge in [0.25, 0.3) is 0 Å². The maximum atomic E-state index is 6.23. The van der Waals surface area contributed by atoms with Gasteiger partial charge in [-0.3, -0.25) is 0 Å². The van der Waals surface area contributed by atoms with Crippen molar-refractivity contribution in [3.05, 3.63) is 29.4 Å². The summed E-state index contributed by atoms with van der Waals surface area (Å²) in [5, 5.41) is 4.87. The van der Waals surface area contributed by atoms with Gasteiger partial charge in [0, 0.05) is 10.1 Å². The molecule has 0 aliphatic heterocycles. The van der Waals surface area contributed by atoms with Gasteiger partial charge in [0.05, 0.1) is 16.8 Å². The van der Waals surface area contributed by atoms with Crippen molar-refractivity contribution in [2.75, 3.05) is 5.73 Å². The Morgan fingerprint density at radius 2 is 2.18 bits per heavy atom. The number of nitrogens with zero attached hydrogens (tertiary/aromatic N) is 1. The van der Waals surface area contributed by atoms with Crippen LogP contribution in [0.1, 0.15) is 13.8 Å². The average Bonchev–Trinajstić information content (AvgIpc) is 2.67. The number of hydrogen-bond acceptors (Lipinski definition) is 4. The van der Waals surface area contributed by atoms with Gasteiger partial charge < -0.3 is 10.3 Å². The van der Waals surface area contributed by atoms with E-state index in [0.29, 0.717) is 11.1 Å². The summed E-state index contributed by atoms with van der Waals surface area (Å²) in [5.41, 5.74) is 7.35. The molecular weight excluding hydrogens is 256 g/mol. The highest BCUT2D eigenvalue weighted by atomic mass is 35.5. The van der Waals surface area contributed by atoms with E-state index in [2.05, 4.69) is 19.0 Å². The second kappa shape index (κ2) is 5.02. The van der Waals surface area contributed by atoms with Gasteiger partial charge in [0.2, 0.25) is 5.88 Å². The van der Waals surface area contributed by atoms with Crippen LogP contribution in [0, 0.1) is 0 Å². The second-order valence-corrected chi connectivity index (χ2v) is 5.94. The van der Waals surface area contributed by atoms with Gasteiger partial charge in [-0.1, -0.05) is 36.7 Å². The summed E-state index contributed by atoms with van der Waals surface area (Å²) in [6.45, 7) is 4.26. The van der Waals surface area contributed by atoms with Crippen molar-refractivity contribution >= 4 is 29.2 Å². The zero-order valence-corrected chi connectivity index (χ0v) is 11.2. The van der Waals surface area contributed by atoms with E-state index in [1.807, 2.05) is 18.2 Å². The molecule has 2 N–H and O–H groups in total. The molecule has 0 unspecified atom stereocenters. The van der Waals surface area contributed by atoms with Crippen molar-refractivity contribution in [1.29, 1.82) is 0 Å². The van der Waals surface area contributed by atoms with Crippen molar-refractivity contribution in [1.82, 2.24) is 5.16 Å². The summed E-state index contributed by atoms with van der Waals surface area (Å²) in [7, 11) is 0. The molecule has 2 rings (SSSR count). The third-order valence-electron chi connectivity index (χ3n) is 2.20. The summed E-state index contributed by atoms with van der Waals surface area (Å²) < 4.78 is 4.83. The van der Waals surface area contributed by atoms with E-state index in [0.717, 1.165) is 21.0 Å². The monoisotopic (exact) mass is 268 g/mol. The van der Waals surface area contributed by atoms with Crippen LogP contribution in [0.2, 0.25) is 5.02 Å². The molecule has 0 aliphatic carbocycles. The summed E-state index contributed by atoms with van der Waals surface area (Å²) in [5.74, 6) is 0.310. The molecule has 0 atom stereocenters. The normalized spacial score (nSPS) is 11.1. The molecule has 0 spiro atoms. The summed E-state index contributed by atoms with van der Waals surface area (Å²) in [4.78, 5) is 1.07. The molecule has 17 heavy (non-hydrogen) atoms. The van der Waals surface area contributed by atoms with Crippen LogP contribution in [0.25, 0.3) is 11.1 Å². The van der Waals surface area contributed by atoms with Crippen LogP contribution in [0.4, 0.5) is 5.88 Å². The number of nitrogens with two attached hydrogens (primary N) is 1. The third-order valence-corrected chi connectivity index (χ3v) is 3.71. The first kappa shape index (κ1) is 12.3. The first-order valence-corrected chi connectivity index (χ1v) is 6.50. The van der Waals surface area contributed by atoms with Gasteiger partial charge in [0.15, 0.2) is 0 Å². The molecule has 0 saturated heterocycles. The highest BCUT2D eigenvalue weighted by Gasteiger charge is 2.10. The summed E-state index contributed by atoms with van der Waals surface area (Å²) >= 11 is 7.96. The Hall–Kier alpha value is -1.13. The van der Waals surface area contributed by atoms with Crippen molar-refractivity contribution in [3.8, 4) is 11.1 Å². The molecule has 5 heteroatoms. The van der Waals surface area contributed by atoms with Gasteiger partial charge in [-0.25, -0.2) is 0 Å². The third kappa shape index (κ3) is 2.76. The van der Waals surface area contributed by atoms with Crippen LogP contribution in [-0.2, 0) is 0 Å². The van der Waals surface area contributed by atoms with Crippen LogP contribution in [0.5, 0.6) is 0 Å². The van der Waals surface area contributed by atoms with E-state index in [-0.39, 0.29) is 0 Å². The van der Waals surface area contributed by atoms with Crippen molar-refractivity contribution < 1.29 is 4.52 Å². The maximum Gasteiger partial charge on any atom is 0.229 e. The zero-order valence-electron chi connectivity index (χ0n) is 9.61. The molecule has 3 nitrogen and oxygen atoms in total. The van der Waals surface area contributed by atoms with E-state index < -0.39 is 0 Å². The molecule has 90 valence electrons. The standard InChI is InChI=1S/C12H13ClN2OS/c1-7(2)17-11-4-3-8(5-10(11)13)9-6-15-16-12(9)14/h3-7H,14H2,1-2H3. The smallest absolute Gasteiger partial charge is 0.229 e. The number of hydrogen-bond donors (Lipinski definition) is 1. The lowest BCUT2D eigenvalue weighted by Gasteiger charge is -2.08. The molecule has 0 saturated carbocycles. The fourth-order valence-electron chi connectivity index (χ4n) is 1.48. The minimum atomic E-state index is 0.310. The average molecular weight is 269 g/mol. The Morgan fingerprint density at radius 1 is 1.41 bits per heavy atom. The largest absolute Gasteiger partial charge is 0.367 e. The maximum absolute atomic E-state index is 6.23. The SMILES string of the molecule is CC(C)Sc1ccc(-c2cnoc2N)cc1Cl. The lowest BCUT2D eigenvalue weighted by atomic mass is 10.1. The Balaban J connectivity index is 2.34. The van der Waals surface area contributed by atoms with Gasteiger partial charge in [-0.15, -0.1) is 11.8 Å². The first-order chi connectivity index (χ1) is 8.08. The molecule has 2 aromatic rings. The van der Waals surface area contributed by atoms with Crippen LogP contribution < -0.4 is 5.73 Å². The number of halogens is 1. The minimum absolute atomic E-state index is 0.310. The number of benzene rings is 1. The number of rotatable bonds is 3. The van der Waals surface area contributed by atoms with E-state index in [1.54, 1.807) is 18.0 Å². The van der Waals surface area contributed by atoms with Crippen LogP contribution in [-0.4, -0.2) is 10.4 Å². The number of anilines is 1. The van der Waals surface area contributed by atoms with E-state index in [9.17, 15) is 0 Å². The summed E-state index contributed by atoms with van der Waals surface area (Å²) in [6, 6.07) is 5.85. The topological polar surface area (TPSA) is 52.0 Å². The second-order valence-electron chi connectivity index (χ2n) is 3.92. The van der Waals surface area contributed by atoms with Crippen molar-refractivity contribution in [3.63, 3.8) is 0 Å². The fourth-order valence-corrected chi connectivity index (χ4v) is 2.62. The Kier molecular flexibility index (Phi) is 3.64. The molecule has 0 amide bonds. The molecule has 0 radical (unpaired) electrons. The minimum Gasteiger partial charge on any atom is -0.367 e. The van der Waals surface area contributed by atoms with Crippen LogP contribution in [0.3, 0.4) is 0 Å². The Morgan fingerprint density at radius 3 is 2.71 bits per heavy atom. The van der Waals surface area contributed by atoms with Gasteiger partial charge in [-0.2, -0.15) is 0 Å². The quantitative estimate of drug-likeness (QED) is 0.853. The highest BCUT2D eigenvalue weighted by Crippen LogP contribution is 2.35. The van der Waals surface area contributed by atoms with Gasteiger partial charge in [-0.05, 0) is 17.7 Å². The number of aromatic nitrogens is 1. The zero-order chi connectivity index (χ0) is 12.4. The molecule has 1 aromatic heterocycles. The molecule has 0 fully saturated rings. The molecular formula is C12H13ClN2OS. The molecule has 1 aromatic carbocycles. The molecule has 1 heterocycles. The number of thioether (sulfide) groups is 1. The van der Waals surface area contributed by atoms with E-state index in [4.69, 9.17) is 21.9 Å². The highest BCUT2D eigenvalue weighted by molar-refractivity contribution is 8.00. The van der Waals surface area contributed by atoms with E-state index >= 15 is 0 Å². The van der Waals surface area contributed by atoms with Crippen molar-refractivity contribution in [2.24, 2.45) is 0 Å². The van der Waals surface area contributed by atoms with Gasteiger partial charge in [0.1, 0.15) is 0 Å². The first-order valence-electron chi connectivity index (χ1n) is 5.24. The van der Waals surface area contributed by atoms with Crippen LogP contribution >= 0.6 is 23.4 Å². The number of nitrogen functional groups attached to an aromatic ring is 1. The lowest BCUT2D eigenvalue weighted by Crippen LogP contribution is -1.88. The summed E-state index contributed by atoms with van der Waals surface area (Å²) in [6.07, 6.45) is 1.59. The lowest BCUT2D eigenvalue weighted by molar-refractivity contribution is 0.436. The predicted molar refractivity (Wildman–Crippen MR) is 72.4 cm³/mol. The molecule has 0 aliphatic rings. The Bertz CT molecular complexity index is 525. The molecule has 0 bridgehead atoms.